The molecule has 3 heteroatoms. The maximum Gasteiger partial charge on any atom is 0.0727 e. The van der Waals surface area contributed by atoms with E-state index in [0.717, 1.165) is 25.3 Å². The summed E-state index contributed by atoms with van der Waals surface area (Å²) in [5.41, 5.74) is 5.42. The van der Waals surface area contributed by atoms with E-state index in [1.54, 1.807) is 0 Å². The maximum atomic E-state index is 5.42. The zero-order valence-electron chi connectivity index (χ0n) is 9.05. The number of nitrogens with two attached hydrogens (primary N) is 1. The molecule has 2 N–H and O–H groups in total. The Labute approximate surface area is 87.5 Å². The van der Waals surface area contributed by atoms with Crippen LogP contribution in [0.4, 0.5) is 0 Å². The summed E-state index contributed by atoms with van der Waals surface area (Å²) in [6.07, 6.45) is 3.21. The standard InChI is InChI=1S/C10H22N2S/c1-4-9(2)8-12(3)7-5-6-10(11)13/h9H,4-8H2,1-3H3,(H2,11,13). The highest BCUT2D eigenvalue weighted by atomic mass is 32.1. The minimum Gasteiger partial charge on any atom is -0.393 e. The zero-order chi connectivity index (χ0) is 10.3. The zero-order valence-corrected chi connectivity index (χ0v) is 9.86. The summed E-state index contributed by atoms with van der Waals surface area (Å²) in [4.78, 5) is 2.99. The van der Waals surface area contributed by atoms with E-state index >= 15 is 0 Å². The molecule has 0 bridgehead atoms. The summed E-state index contributed by atoms with van der Waals surface area (Å²) < 4.78 is 0. The quantitative estimate of drug-likeness (QED) is 0.641. The number of thiocarbonyl (C=S) groups is 1. The van der Waals surface area contributed by atoms with Crippen molar-refractivity contribution in [3.05, 3.63) is 0 Å². The molecule has 0 heterocycles. The van der Waals surface area contributed by atoms with Crippen LogP contribution in [0.25, 0.3) is 0 Å². The van der Waals surface area contributed by atoms with Gasteiger partial charge in [-0.15, -0.1) is 0 Å². The normalized spacial score (nSPS) is 13.2. The minimum absolute atomic E-state index is 0.636. The van der Waals surface area contributed by atoms with Crippen molar-refractivity contribution in [2.45, 2.75) is 33.1 Å². The Bertz CT molecular complexity index is 148. The van der Waals surface area contributed by atoms with Gasteiger partial charge in [0, 0.05) is 6.54 Å². The monoisotopic (exact) mass is 202 g/mol. The van der Waals surface area contributed by atoms with Gasteiger partial charge >= 0.3 is 0 Å². The van der Waals surface area contributed by atoms with E-state index in [1.807, 2.05) is 0 Å². The lowest BCUT2D eigenvalue weighted by atomic mass is 10.1. The summed E-state index contributed by atoms with van der Waals surface area (Å²) in [6.45, 7) is 6.78. The molecule has 13 heavy (non-hydrogen) atoms. The van der Waals surface area contributed by atoms with Gasteiger partial charge in [0.2, 0.25) is 0 Å². The summed E-state index contributed by atoms with van der Waals surface area (Å²) in [5.74, 6) is 0.787. The van der Waals surface area contributed by atoms with E-state index in [9.17, 15) is 0 Å². The van der Waals surface area contributed by atoms with Crippen LogP contribution in [-0.2, 0) is 0 Å². The van der Waals surface area contributed by atoms with Crippen molar-refractivity contribution in [3.63, 3.8) is 0 Å². The van der Waals surface area contributed by atoms with E-state index in [1.165, 1.54) is 13.0 Å². The molecule has 0 saturated carbocycles. The molecule has 0 aromatic heterocycles. The molecule has 0 rings (SSSR count). The second-order valence-corrected chi connectivity index (χ2v) is 4.37. The second kappa shape index (κ2) is 7.27. The van der Waals surface area contributed by atoms with Gasteiger partial charge in [-0.05, 0) is 32.4 Å². The van der Waals surface area contributed by atoms with Gasteiger partial charge in [0.1, 0.15) is 0 Å². The highest BCUT2D eigenvalue weighted by molar-refractivity contribution is 7.80. The first-order valence-electron chi connectivity index (χ1n) is 5.03. The number of hydrogen-bond acceptors (Lipinski definition) is 2. The molecule has 0 fully saturated rings. The molecular weight excluding hydrogens is 180 g/mol. The van der Waals surface area contributed by atoms with Crippen molar-refractivity contribution >= 4 is 17.2 Å². The van der Waals surface area contributed by atoms with Crippen molar-refractivity contribution in [2.24, 2.45) is 11.7 Å². The molecule has 0 aliphatic rings. The van der Waals surface area contributed by atoms with Crippen molar-refractivity contribution < 1.29 is 0 Å². The summed E-state index contributed by atoms with van der Waals surface area (Å²) in [7, 11) is 2.16. The molecule has 0 aliphatic heterocycles. The summed E-state index contributed by atoms with van der Waals surface area (Å²) >= 11 is 4.82. The van der Waals surface area contributed by atoms with Crippen LogP contribution in [0, 0.1) is 5.92 Å². The van der Waals surface area contributed by atoms with Crippen LogP contribution in [0.1, 0.15) is 33.1 Å². The minimum atomic E-state index is 0.636. The third-order valence-corrected chi connectivity index (χ3v) is 2.49. The maximum absolute atomic E-state index is 5.42. The fourth-order valence-corrected chi connectivity index (χ4v) is 1.42. The van der Waals surface area contributed by atoms with Crippen LogP contribution < -0.4 is 5.73 Å². The predicted molar refractivity (Wildman–Crippen MR) is 63.0 cm³/mol. The van der Waals surface area contributed by atoms with E-state index in [0.29, 0.717) is 4.99 Å². The first-order valence-corrected chi connectivity index (χ1v) is 5.44. The first-order chi connectivity index (χ1) is 6.06. The fourth-order valence-electron chi connectivity index (χ4n) is 1.28. The molecule has 0 aromatic carbocycles. The third-order valence-electron chi connectivity index (χ3n) is 2.28. The van der Waals surface area contributed by atoms with Gasteiger partial charge in [0.15, 0.2) is 0 Å². The van der Waals surface area contributed by atoms with Crippen molar-refractivity contribution in [1.29, 1.82) is 0 Å². The summed E-state index contributed by atoms with van der Waals surface area (Å²) in [5, 5.41) is 0. The molecule has 0 radical (unpaired) electrons. The number of nitrogens with zero attached hydrogens (tertiary/aromatic N) is 1. The largest absolute Gasteiger partial charge is 0.393 e. The number of hydrogen-bond donors (Lipinski definition) is 1. The Balaban J connectivity index is 3.39. The van der Waals surface area contributed by atoms with Crippen LogP contribution in [0.2, 0.25) is 0 Å². The molecule has 78 valence electrons. The van der Waals surface area contributed by atoms with Crippen LogP contribution in [-0.4, -0.2) is 30.0 Å². The van der Waals surface area contributed by atoms with Crippen LogP contribution in [0.3, 0.4) is 0 Å². The van der Waals surface area contributed by atoms with Gasteiger partial charge in [0.05, 0.1) is 4.99 Å². The van der Waals surface area contributed by atoms with Gasteiger partial charge in [-0.3, -0.25) is 0 Å². The lowest BCUT2D eigenvalue weighted by Crippen LogP contribution is -2.26. The molecule has 0 saturated heterocycles. The van der Waals surface area contributed by atoms with Crippen molar-refractivity contribution in [1.82, 2.24) is 4.90 Å². The van der Waals surface area contributed by atoms with Crippen LogP contribution in [0.5, 0.6) is 0 Å². The first kappa shape index (κ1) is 12.8. The Morgan fingerprint density at radius 3 is 2.62 bits per heavy atom. The van der Waals surface area contributed by atoms with E-state index < -0.39 is 0 Å². The average Bonchev–Trinajstić information content (AvgIpc) is 2.03. The third kappa shape index (κ3) is 8.19. The Morgan fingerprint density at radius 2 is 2.15 bits per heavy atom. The van der Waals surface area contributed by atoms with Gasteiger partial charge in [-0.25, -0.2) is 0 Å². The van der Waals surface area contributed by atoms with Gasteiger partial charge in [-0.1, -0.05) is 32.5 Å². The lowest BCUT2D eigenvalue weighted by molar-refractivity contribution is 0.281. The molecule has 2 nitrogen and oxygen atoms in total. The van der Waals surface area contributed by atoms with Crippen molar-refractivity contribution in [3.8, 4) is 0 Å². The van der Waals surface area contributed by atoms with E-state index in [-0.39, 0.29) is 0 Å². The molecular formula is C10H22N2S. The molecule has 1 unspecified atom stereocenters. The Kier molecular flexibility index (Phi) is 7.19. The van der Waals surface area contributed by atoms with E-state index in [4.69, 9.17) is 18.0 Å². The lowest BCUT2D eigenvalue weighted by Gasteiger charge is -2.19. The van der Waals surface area contributed by atoms with Crippen LogP contribution in [0.15, 0.2) is 0 Å². The highest BCUT2D eigenvalue weighted by Crippen LogP contribution is 2.03. The topological polar surface area (TPSA) is 29.3 Å². The predicted octanol–water partition coefficient (Wildman–Crippen LogP) is 2.03. The molecule has 1 atom stereocenters. The molecule has 0 amide bonds. The molecule has 0 spiro atoms. The Hall–Kier alpha value is -0.150. The highest BCUT2D eigenvalue weighted by Gasteiger charge is 2.03. The van der Waals surface area contributed by atoms with E-state index in [2.05, 4.69) is 25.8 Å². The number of rotatable bonds is 7. The Morgan fingerprint density at radius 1 is 1.54 bits per heavy atom. The summed E-state index contributed by atoms with van der Waals surface area (Å²) in [6, 6.07) is 0. The fraction of sp³-hybridized carbons (Fsp3) is 0.900. The average molecular weight is 202 g/mol. The van der Waals surface area contributed by atoms with Gasteiger partial charge in [0.25, 0.3) is 0 Å². The van der Waals surface area contributed by atoms with Gasteiger partial charge in [-0.2, -0.15) is 0 Å². The second-order valence-electron chi connectivity index (χ2n) is 3.85. The molecule has 0 aromatic rings. The smallest absolute Gasteiger partial charge is 0.0727 e. The molecule has 0 aliphatic carbocycles. The van der Waals surface area contributed by atoms with Crippen LogP contribution >= 0.6 is 12.2 Å². The van der Waals surface area contributed by atoms with Crippen molar-refractivity contribution in [2.75, 3.05) is 20.1 Å². The van der Waals surface area contributed by atoms with Gasteiger partial charge < -0.3 is 10.6 Å². The SMILES string of the molecule is CCC(C)CN(C)CCCC(N)=S.